The van der Waals surface area contributed by atoms with Crippen LogP contribution in [0, 0.1) is 0 Å². The smallest absolute Gasteiger partial charge is 0.326 e. The molecule has 0 aliphatic heterocycles. The predicted octanol–water partition coefficient (Wildman–Crippen LogP) is -0.109. The summed E-state index contributed by atoms with van der Waals surface area (Å²) in [7, 11) is 0. The second-order valence-corrected chi connectivity index (χ2v) is 5.06. The minimum atomic E-state index is -1.18. The van der Waals surface area contributed by atoms with Gasteiger partial charge in [0.25, 0.3) is 0 Å². The SMILES string of the molecule is CSCC[C@@H](N)C(=O)N[C@H](CCCC(=O)O)C(=O)O. The van der Waals surface area contributed by atoms with Gasteiger partial charge >= 0.3 is 11.9 Å². The molecule has 0 saturated heterocycles. The number of nitrogens with one attached hydrogen (secondary N) is 1. The largest absolute Gasteiger partial charge is 0.481 e. The molecule has 0 heterocycles. The maximum Gasteiger partial charge on any atom is 0.326 e. The Labute approximate surface area is 115 Å². The van der Waals surface area contributed by atoms with E-state index in [1.165, 1.54) is 0 Å². The van der Waals surface area contributed by atoms with E-state index in [0.717, 1.165) is 0 Å². The molecule has 0 fully saturated rings. The van der Waals surface area contributed by atoms with Gasteiger partial charge in [0.1, 0.15) is 6.04 Å². The van der Waals surface area contributed by atoms with Gasteiger partial charge in [0.15, 0.2) is 0 Å². The number of carbonyl (C=O) groups is 3. The highest BCUT2D eigenvalue weighted by Crippen LogP contribution is 2.04. The van der Waals surface area contributed by atoms with Crippen molar-refractivity contribution in [1.82, 2.24) is 5.32 Å². The van der Waals surface area contributed by atoms with Crippen LogP contribution in [0.25, 0.3) is 0 Å². The molecule has 0 bridgehead atoms. The first-order valence-corrected chi connectivity index (χ1v) is 7.27. The molecular weight excluding hydrogens is 272 g/mol. The first-order valence-electron chi connectivity index (χ1n) is 5.88. The lowest BCUT2D eigenvalue weighted by Gasteiger charge is -2.17. The molecule has 0 aliphatic rings. The Morgan fingerprint density at radius 1 is 1.26 bits per heavy atom. The van der Waals surface area contributed by atoms with E-state index in [2.05, 4.69) is 5.32 Å². The van der Waals surface area contributed by atoms with Gasteiger partial charge in [0.2, 0.25) is 5.91 Å². The van der Waals surface area contributed by atoms with E-state index < -0.39 is 29.9 Å². The highest BCUT2D eigenvalue weighted by Gasteiger charge is 2.22. The zero-order valence-electron chi connectivity index (χ0n) is 10.8. The molecule has 7 nitrogen and oxygen atoms in total. The molecular formula is C11H20N2O5S. The highest BCUT2D eigenvalue weighted by molar-refractivity contribution is 7.98. The van der Waals surface area contributed by atoms with Gasteiger partial charge in [-0.1, -0.05) is 0 Å². The Balaban J connectivity index is 4.21. The van der Waals surface area contributed by atoms with Crippen LogP contribution in [0.3, 0.4) is 0 Å². The van der Waals surface area contributed by atoms with Gasteiger partial charge in [-0.25, -0.2) is 4.79 Å². The van der Waals surface area contributed by atoms with Crippen molar-refractivity contribution in [2.24, 2.45) is 5.73 Å². The molecule has 2 atom stereocenters. The van der Waals surface area contributed by atoms with Crippen molar-refractivity contribution in [3.63, 3.8) is 0 Å². The van der Waals surface area contributed by atoms with Gasteiger partial charge in [0, 0.05) is 6.42 Å². The maximum atomic E-state index is 11.6. The van der Waals surface area contributed by atoms with E-state index in [4.69, 9.17) is 15.9 Å². The number of rotatable bonds is 10. The van der Waals surface area contributed by atoms with Crippen molar-refractivity contribution in [2.75, 3.05) is 12.0 Å². The normalized spacial score (nSPS) is 13.6. The fourth-order valence-corrected chi connectivity index (χ4v) is 1.86. The summed E-state index contributed by atoms with van der Waals surface area (Å²) in [5.41, 5.74) is 5.62. The molecule has 0 aromatic rings. The molecule has 0 radical (unpaired) electrons. The van der Waals surface area contributed by atoms with Gasteiger partial charge < -0.3 is 21.3 Å². The zero-order chi connectivity index (χ0) is 14.8. The Morgan fingerprint density at radius 2 is 1.89 bits per heavy atom. The van der Waals surface area contributed by atoms with Crippen LogP contribution in [-0.2, 0) is 14.4 Å². The fourth-order valence-electron chi connectivity index (χ4n) is 1.37. The number of amides is 1. The lowest BCUT2D eigenvalue weighted by molar-refractivity contribution is -0.142. The summed E-state index contributed by atoms with van der Waals surface area (Å²) in [6.07, 6.45) is 2.48. The van der Waals surface area contributed by atoms with Crippen LogP contribution in [0.1, 0.15) is 25.7 Å². The van der Waals surface area contributed by atoms with Crippen molar-refractivity contribution in [3.8, 4) is 0 Å². The molecule has 5 N–H and O–H groups in total. The van der Waals surface area contributed by atoms with E-state index in [9.17, 15) is 14.4 Å². The molecule has 0 spiro atoms. The van der Waals surface area contributed by atoms with Crippen LogP contribution in [0.4, 0.5) is 0 Å². The Morgan fingerprint density at radius 3 is 2.37 bits per heavy atom. The second-order valence-electron chi connectivity index (χ2n) is 4.07. The summed E-state index contributed by atoms with van der Waals surface area (Å²) < 4.78 is 0. The number of hydrogen-bond donors (Lipinski definition) is 4. The van der Waals surface area contributed by atoms with E-state index >= 15 is 0 Å². The average Bonchev–Trinajstić information content (AvgIpc) is 2.33. The molecule has 0 aliphatic carbocycles. The van der Waals surface area contributed by atoms with Crippen LogP contribution in [0.2, 0.25) is 0 Å². The van der Waals surface area contributed by atoms with E-state index in [0.29, 0.717) is 12.2 Å². The predicted molar refractivity (Wildman–Crippen MR) is 72.0 cm³/mol. The van der Waals surface area contributed by atoms with Gasteiger partial charge in [-0.15, -0.1) is 0 Å². The third-order valence-electron chi connectivity index (χ3n) is 2.47. The molecule has 0 aromatic carbocycles. The molecule has 1 amide bonds. The van der Waals surface area contributed by atoms with E-state index in [-0.39, 0.29) is 19.3 Å². The molecule has 19 heavy (non-hydrogen) atoms. The molecule has 0 rings (SSSR count). The average molecular weight is 292 g/mol. The van der Waals surface area contributed by atoms with Crippen molar-refractivity contribution >= 4 is 29.6 Å². The molecule has 8 heteroatoms. The van der Waals surface area contributed by atoms with Crippen molar-refractivity contribution < 1.29 is 24.6 Å². The quantitative estimate of drug-likeness (QED) is 0.442. The number of thioether (sulfide) groups is 1. The van der Waals surface area contributed by atoms with Crippen LogP contribution in [-0.4, -0.2) is 52.2 Å². The van der Waals surface area contributed by atoms with Crippen LogP contribution >= 0.6 is 11.8 Å². The van der Waals surface area contributed by atoms with E-state index in [1.807, 2.05) is 6.26 Å². The molecule has 0 saturated carbocycles. The van der Waals surface area contributed by atoms with Crippen molar-refractivity contribution in [1.29, 1.82) is 0 Å². The van der Waals surface area contributed by atoms with Crippen LogP contribution in [0.5, 0.6) is 0 Å². The Hall–Kier alpha value is -1.28. The highest BCUT2D eigenvalue weighted by atomic mass is 32.2. The summed E-state index contributed by atoms with van der Waals surface area (Å²) in [5, 5.41) is 19.7. The molecule has 0 unspecified atom stereocenters. The summed E-state index contributed by atoms with van der Waals surface area (Å²) in [6.45, 7) is 0. The number of carboxylic acid groups (broad SMARTS) is 2. The maximum absolute atomic E-state index is 11.6. The second kappa shape index (κ2) is 9.62. The lowest BCUT2D eigenvalue weighted by atomic mass is 10.1. The third-order valence-corrected chi connectivity index (χ3v) is 3.11. The molecule has 110 valence electrons. The zero-order valence-corrected chi connectivity index (χ0v) is 11.6. The Bertz CT molecular complexity index is 324. The van der Waals surface area contributed by atoms with Gasteiger partial charge in [0.05, 0.1) is 6.04 Å². The minimum absolute atomic E-state index is 0.0720. The summed E-state index contributed by atoms with van der Waals surface area (Å²) in [4.78, 5) is 32.9. The fraction of sp³-hybridized carbons (Fsp3) is 0.727. The summed E-state index contributed by atoms with van der Waals surface area (Å²) in [5.74, 6) is -1.98. The third kappa shape index (κ3) is 8.44. The summed E-state index contributed by atoms with van der Waals surface area (Å²) in [6, 6.07) is -1.83. The van der Waals surface area contributed by atoms with Crippen molar-refractivity contribution in [3.05, 3.63) is 0 Å². The number of nitrogens with two attached hydrogens (primary N) is 1. The van der Waals surface area contributed by atoms with Gasteiger partial charge in [-0.3, -0.25) is 9.59 Å². The van der Waals surface area contributed by atoms with Gasteiger partial charge in [-0.05, 0) is 31.3 Å². The van der Waals surface area contributed by atoms with Crippen molar-refractivity contribution in [2.45, 2.75) is 37.8 Å². The van der Waals surface area contributed by atoms with Crippen LogP contribution in [0.15, 0.2) is 0 Å². The Kier molecular flexibility index (Phi) is 8.98. The lowest BCUT2D eigenvalue weighted by Crippen LogP contribution is -2.48. The summed E-state index contributed by atoms with van der Waals surface area (Å²) >= 11 is 1.55. The van der Waals surface area contributed by atoms with Gasteiger partial charge in [-0.2, -0.15) is 11.8 Å². The first kappa shape index (κ1) is 17.7. The molecule has 0 aromatic heterocycles. The topological polar surface area (TPSA) is 130 Å². The number of aliphatic carboxylic acids is 2. The number of hydrogen-bond acceptors (Lipinski definition) is 5. The number of carboxylic acids is 2. The van der Waals surface area contributed by atoms with E-state index in [1.54, 1.807) is 11.8 Å². The van der Waals surface area contributed by atoms with Crippen LogP contribution < -0.4 is 11.1 Å². The monoisotopic (exact) mass is 292 g/mol. The minimum Gasteiger partial charge on any atom is -0.481 e. The number of carbonyl (C=O) groups excluding carboxylic acids is 1. The standard InChI is InChI=1S/C11H20N2O5S/c1-19-6-5-7(12)10(16)13-8(11(17)18)3-2-4-9(14)15/h7-8H,2-6,12H2,1H3,(H,13,16)(H,14,15)(H,17,18)/t7-,8-/m1/s1. The first-order chi connectivity index (χ1) is 8.88.